The molecule has 0 amide bonds. The SMILES string of the molecule is CCCc1cc(/C=C/C(=O)c2ccc(OC(=O)C(C)(C)C)cc2)c(OC(C)(C)C)cc1OC(C)(C)C. The van der Waals surface area contributed by atoms with E-state index in [0.29, 0.717) is 17.1 Å². The monoisotopic (exact) mass is 494 g/mol. The summed E-state index contributed by atoms with van der Waals surface area (Å²) in [5, 5.41) is 0. The Morgan fingerprint density at radius 2 is 1.36 bits per heavy atom. The highest BCUT2D eigenvalue weighted by atomic mass is 16.5. The van der Waals surface area contributed by atoms with Gasteiger partial charge in [-0.15, -0.1) is 0 Å². The fourth-order valence-electron chi connectivity index (χ4n) is 3.27. The topological polar surface area (TPSA) is 61.8 Å². The van der Waals surface area contributed by atoms with Gasteiger partial charge in [-0.2, -0.15) is 0 Å². The van der Waals surface area contributed by atoms with Gasteiger partial charge in [0.05, 0.1) is 5.41 Å². The third-order valence-corrected chi connectivity index (χ3v) is 4.92. The average molecular weight is 495 g/mol. The van der Waals surface area contributed by atoms with Crippen LogP contribution >= 0.6 is 0 Å². The smallest absolute Gasteiger partial charge is 0.316 e. The van der Waals surface area contributed by atoms with E-state index in [2.05, 4.69) is 6.92 Å². The number of benzene rings is 2. The molecular formula is C31H42O5. The van der Waals surface area contributed by atoms with E-state index in [4.69, 9.17) is 14.2 Å². The fraction of sp³-hybridized carbons (Fsp3) is 0.484. The number of hydrogen-bond acceptors (Lipinski definition) is 5. The number of hydrogen-bond donors (Lipinski definition) is 0. The lowest BCUT2D eigenvalue weighted by atomic mass is 9.97. The number of ketones is 1. The minimum absolute atomic E-state index is 0.155. The van der Waals surface area contributed by atoms with Crippen molar-refractivity contribution in [3.8, 4) is 17.2 Å². The maximum atomic E-state index is 12.9. The van der Waals surface area contributed by atoms with Gasteiger partial charge in [0, 0.05) is 17.2 Å². The van der Waals surface area contributed by atoms with E-state index >= 15 is 0 Å². The van der Waals surface area contributed by atoms with Crippen LogP contribution in [0.15, 0.2) is 42.5 Å². The Kier molecular flexibility index (Phi) is 9.17. The summed E-state index contributed by atoms with van der Waals surface area (Å²) in [6.07, 6.45) is 5.15. The van der Waals surface area contributed by atoms with Crippen molar-refractivity contribution in [3.63, 3.8) is 0 Å². The Labute approximate surface area is 216 Å². The Morgan fingerprint density at radius 1 is 0.806 bits per heavy atom. The highest BCUT2D eigenvalue weighted by Gasteiger charge is 2.24. The van der Waals surface area contributed by atoms with Crippen LogP contribution in [0.4, 0.5) is 0 Å². The zero-order valence-electron chi connectivity index (χ0n) is 23.6. The molecule has 0 aliphatic heterocycles. The lowest BCUT2D eigenvalue weighted by Crippen LogP contribution is -2.25. The van der Waals surface area contributed by atoms with E-state index < -0.39 is 11.0 Å². The lowest BCUT2D eigenvalue weighted by Gasteiger charge is -2.27. The normalized spacial score (nSPS) is 12.5. The summed E-state index contributed by atoms with van der Waals surface area (Å²) in [4.78, 5) is 25.0. The number of aryl methyl sites for hydroxylation is 1. The number of esters is 1. The molecule has 0 saturated heterocycles. The second-order valence-corrected chi connectivity index (χ2v) is 12.0. The molecular weight excluding hydrogens is 452 g/mol. The van der Waals surface area contributed by atoms with Gasteiger partial charge in [0.25, 0.3) is 0 Å². The largest absolute Gasteiger partial charge is 0.488 e. The maximum absolute atomic E-state index is 12.9. The van der Waals surface area contributed by atoms with Crippen LogP contribution in [0.2, 0.25) is 0 Å². The van der Waals surface area contributed by atoms with Gasteiger partial charge in [0.2, 0.25) is 0 Å². The molecule has 0 N–H and O–H groups in total. The molecule has 0 aliphatic rings. The summed E-state index contributed by atoms with van der Waals surface area (Å²) in [7, 11) is 0. The van der Waals surface area contributed by atoms with E-state index in [-0.39, 0.29) is 17.4 Å². The van der Waals surface area contributed by atoms with Crippen molar-refractivity contribution in [1.29, 1.82) is 0 Å². The van der Waals surface area contributed by atoms with E-state index in [1.54, 1.807) is 57.2 Å². The summed E-state index contributed by atoms with van der Waals surface area (Å²) in [6.45, 7) is 19.5. The molecule has 36 heavy (non-hydrogen) atoms. The molecule has 5 heteroatoms. The molecule has 196 valence electrons. The van der Waals surface area contributed by atoms with Gasteiger partial charge in [-0.1, -0.05) is 13.3 Å². The molecule has 2 aromatic carbocycles. The van der Waals surface area contributed by atoms with Gasteiger partial charge in [0.1, 0.15) is 28.5 Å². The molecule has 0 unspecified atom stereocenters. The van der Waals surface area contributed by atoms with Crippen molar-refractivity contribution in [1.82, 2.24) is 0 Å². The highest BCUT2D eigenvalue weighted by Crippen LogP contribution is 2.35. The third kappa shape index (κ3) is 9.18. The van der Waals surface area contributed by atoms with Gasteiger partial charge >= 0.3 is 5.97 Å². The van der Waals surface area contributed by atoms with Crippen molar-refractivity contribution in [2.45, 2.75) is 93.3 Å². The van der Waals surface area contributed by atoms with E-state index in [9.17, 15) is 9.59 Å². The maximum Gasteiger partial charge on any atom is 0.316 e. The second kappa shape index (κ2) is 11.3. The first kappa shape index (κ1) is 29.2. The van der Waals surface area contributed by atoms with Gasteiger partial charge in [-0.05, 0) is 117 Å². The van der Waals surface area contributed by atoms with Crippen LogP contribution < -0.4 is 14.2 Å². The van der Waals surface area contributed by atoms with Crippen molar-refractivity contribution >= 4 is 17.8 Å². The molecule has 0 saturated carbocycles. The average Bonchev–Trinajstić information content (AvgIpc) is 2.72. The standard InChI is InChI=1S/C31H42O5/c1-11-12-22-19-23(27(36-31(8,9)10)20-26(22)35-30(5,6)7)15-18-25(32)21-13-16-24(17-14-21)34-28(33)29(2,3)4/h13-20H,11-12H2,1-10H3/b18-15+. The summed E-state index contributed by atoms with van der Waals surface area (Å²) in [5.41, 5.74) is 1.03. The van der Waals surface area contributed by atoms with Crippen LogP contribution in [0, 0.1) is 5.41 Å². The number of ether oxygens (including phenoxy) is 3. The van der Waals surface area contributed by atoms with Gasteiger partial charge in [0.15, 0.2) is 5.78 Å². The quantitative estimate of drug-likeness (QED) is 0.162. The van der Waals surface area contributed by atoms with Crippen LogP contribution in [0.5, 0.6) is 17.2 Å². The molecule has 2 aromatic rings. The summed E-state index contributed by atoms with van der Waals surface area (Å²) in [5.74, 6) is 1.39. The summed E-state index contributed by atoms with van der Waals surface area (Å²) < 4.78 is 17.9. The number of allylic oxidation sites excluding steroid dienone is 1. The molecule has 0 radical (unpaired) electrons. The first-order chi connectivity index (χ1) is 16.5. The van der Waals surface area contributed by atoms with E-state index in [1.165, 1.54) is 0 Å². The Hall–Kier alpha value is -3.08. The predicted octanol–water partition coefficient (Wildman–Crippen LogP) is 7.84. The Morgan fingerprint density at radius 3 is 1.86 bits per heavy atom. The molecule has 0 atom stereocenters. The highest BCUT2D eigenvalue weighted by molar-refractivity contribution is 6.07. The fourth-order valence-corrected chi connectivity index (χ4v) is 3.27. The molecule has 0 bridgehead atoms. The van der Waals surface area contributed by atoms with Crippen LogP contribution in [-0.4, -0.2) is 23.0 Å². The first-order valence-electron chi connectivity index (χ1n) is 12.6. The second-order valence-electron chi connectivity index (χ2n) is 12.0. The van der Waals surface area contributed by atoms with Crippen molar-refractivity contribution < 1.29 is 23.8 Å². The molecule has 0 heterocycles. The third-order valence-electron chi connectivity index (χ3n) is 4.92. The van der Waals surface area contributed by atoms with Crippen LogP contribution in [0.1, 0.15) is 97.1 Å². The zero-order valence-corrected chi connectivity index (χ0v) is 23.6. The summed E-state index contributed by atoms with van der Waals surface area (Å²) >= 11 is 0. The minimum Gasteiger partial charge on any atom is -0.488 e. The van der Waals surface area contributed by atoms with Gasteiger partial charge in [-0.25, -0.2) is 0 Å². The van der Waals surface area contributed by atoms with Crippen molar-refractivity contribution in [3.05, 3.63) is 59.2 Å². The Bertz CT molecular complexity index is 1090. The number of rotatable bonds is 8. The minimum atomic E-state index is -0.603. The van der Waals surface area contributed by atoms with Crippen molar-refractivity contribution in [2.24, 2.45) is 5.41 Å². The number of carbonyl (C=O) groups is 2. The Balaban J connectivity index is 2.36. The van der Waals surface area contributed by atoms with Crippen LogP contribution in [0.3, 0.4) is 0 Å². The molecule has 2 rings (SSSR count). The van der Waals surface area contributed by atoms with E-state index in [0.717, 1.165) is 29.7 Å². The molecule has 0 fully saturated rings. The van der Waals surface area contributed by atoms with E-state index in [1.807, 2.05) is 53.7 Å². The van der Waals surface area contributed by atoms with Crippen LogP contribution in [0.25, 0.3) is 6.08 Å². The molecule has 0 spiro atoms. The lowest BCUT2D eigenvalue weighted by molar-refractivity contribution is -0.143. The predicted molar refractivity (Wildman–Crippen MR) is 146 cm³/mol. The van der Waals surface area contributed by atoms with Gasteiger partial charge < -0.3 is 14.2 Å². The summed E-state index contributed by atoms with van der Waals surface area (Å²) in [6, 6.07) is 10.6. The first-order valence-corrected chi connectivity index (χ1v) is 12.6. The molecule has 0 aromatic heterocycles. The zero-order chi connectivity index (χ0) is 27.3. The molecule has 0 aliphatic carbocycles. The van der Waals surface area contributed by atoms with Gasteiger partial charge in [-0.3, -0.25) is 9.59 Å². The number of carbonyl (C=O) groups excluding carboxylic acids is 2. The van der Waals surface area contributed by atoms with Crippen molar-refractivity contribution in [2.75, 3.05) is 0 Å². The van der Waals surface area contributed by atoms with Crippen LogP contribution in [-0.2, 0) is 11.2 Å². The molecule has 5 nitrogen and oxygen atoms in total.